The Morgan fingerprint density at radius 1 is 1.35 bits per heavy atom. The summed E-state index contributed by atoms with van der Waals surface area (Å²) >= 11 is 0. The molecule has 0 unspecified atom stereocenters. The van der Waals surface area contributed by atoms with E-state index in [-0.39, 0.29) is 18.1 Å². The third-order valence-corrected chi connectivity index (χ3v) is 3.34. The van der Waals surface area contributed by atoms with Gasteiger partial charge in [0.2, 0.25) is 0 Å². The summed E-state index contributed by atoms with van der Waals surface area (Å²) < 4.78 is 11.9. The molecule has 0 aliphatic rings. The van der Waals surface area contributed by atoms with Gasteiger partial charge in [-0.1, -0.05) is 11.2 Å². The van der Waals surface area contributed by atoms with Crippen LogP contribution in [0.15, 0.2) is 45.8 Å². The number of pyridine rings is 1. The number of carbonyl (C=O) groups is 1. The molecule has 1 N–H and O–H groups in total. The van der Waals surface area contributed by atoms with Crippen LogP contribution in [0.3, 0.4) is 0 Å². The second-order valence-electron chi connectivity index (χ2n) is 5.11. The normalized spacial score (nSPS) is 10.7. The lowest BCUT2D eigenvalue weighted by Gasteiger charge is -2.09. The van der Waals surface area contributed by atoms with Gasteiger partial charge in [0.15, 0.2) is 12.4 Å². The summed E-state index contributed by atoms with van der Waals surface area (Å²) in [5.74, 6) is 1.06. The number of fused-ring (bicyclic) bond motifs is 1. The van der Waals surface area contributed by atoms with E-state index in [4.69, 9.17) is 9.26 Å². The van der Waals surface area contributed by atoms with Crippen LogP contribution >= 0.6 is 0 Å². The van der Waals surface area contributed by atoms with E-state index in [0.717, 1.165) is 0 Å². The van der Waals surface area contributed by atoms with Gasteiger partial charge in [-0.3, -0.25) is 9.59 Å². The number of amides is 1. The van der Waals surface area contributed by atoms with Crippen LogP contribution in [-0.2, 0) is 11.8 Å². The van der Waals surface area contributed by atoms with Gasteiger partial charge in [0, 0.05) is 24.7 Å². The molecular weight excluding hydrogens is 298 g/mol. The molecule has 0 bridgehead atoms. The Morgan fingerprint density at radius 2 is 2.17 bits per heavy atom. The molecule has 0 aliphatic carbocycles. The van der Waals surface area contributed by atoms with Crippen molar-refractivity contribution >= 4 is 22.5 Å². The van der Waals surface area contributed by atoms with Gasteiger partial charge >= 0.3 is 0 Å². The Kier molecular flexibility index (Phi) is 3.84. The van der Waals surface area contributed by atoms with E-state index in [1.807, 2.05) is 0 Å². The van der Waals surface area contributed by atoms with Crippen LogP contribution in [0.4, 0.5) is 5.82 Å². The van der Waals surface area contributed by atoms with Crippen molar-refractivity contribution in [1.29, 1.82) is 0 Å². The molecule has 23 heavy (non-hydrogen) atoms. The average molecular weight is 313 g/mol. The first-order chi connectivity index (χ1) is 11.0. The average Bonchev–Trinajstić information content (AvgIpc) is 2.94. The SMILES string of the molecule is Cc1cc(NC(=O)COc2cccc3c(=O)n(C)ccc23)no1. The minimum Gasteiger partial charge on any atom is -0.483 e. The van der Waals surface area contributed by atoms with Gasteiger partial charge in [0.05, 0.1) is 5.39 Å². The molecule has 118 valence electrons. The third-order valence-electron chi connectivity index (χ3n) is 3.34. The lowest BCUT2D eigenvalue weighted by molar-refractivity contribution is -0.118. The fraction of sp³-hybridized carbons (Fsp3) is 0.188. The molecule has 0 aliphatic heterocycles. The van der Waals surface area contributed by atoms with Gasteiger partial charge in [0.25, 0.3) is 11.5 Å². The first-order valence-corrected chi connectivity index (χ1v) is 6.99. The highest BCUT2D eigenvalue weighted by atomic mass is 16.5. The van der Waals surface area contributed by atoms with Gasteiger partial charge in [0.1, 0.15) is 11.5 Å². The number of hydrogen-bond acceptors (Lipinski definition) is 5. The second-order valence-corrected chi connectivity index (χ2v) is 5.11. The fourth-order valence-electron chi connectivity index (χ4n) is 2.22. The summed E-state index contributed by atoms with van der Waals surface area (Å²) in [6.07, 6.45) is 1.66. The van der Waals surface area contributed by atoms with Gasteiger partial charge in [-0.25, -0.2) is 0 Å². The van der Waals surface area contributed by atoms with Crippen molar-refractivity contribution in [3.05, 3.63) is 52.6 Å². The fourth-order valence-corrected chi connectivity index (χ4v) is 2.22. The maximum absolute atomic E-state index is 12.1. The van der Waals surface area contributed by atoms with Crippen molar-refractivity contribution in [3.8, 4) is 5.75 Å². The molecule has 2 heterocycles. The van der Waals surface area contributed by atoms with Crippen LogP contribution in [0, 0.1) is 6.92 Å². The molecule has 0 saturated carbocycles. The van der Waals surface area contributed by atoms with E-state index in [1.54, 1.807) is 50.5 Å². The monoisotopic (exact) mass is 313 g/mol. The van der Waals surface area contributed by atoms with E-state index >= 15 is 0 Å². The molecule has 1 amide bonds. The van der Waals surface area contributed by atoms with Crippen LogP contribution in [0.2, 0.25) is 0 Å². The van der Waals surface area contributed by atoms with Crippen LogP contribution in [0.1, 0.15) is 5.76 Å². The minimum absolute atomic E-state index is 0.115. The molecule has 0 fully saturated rings. The molecule has 0 radical (unpaired) electrons. The first-order valence-electron chi connectivity index (χ1n) is 6.99. The number of benzene rings is 1. The van der Waals surface area contributed by atoms with Crippen molar-refractivity contribution in [2.75, 3.05) is 11.9 Å². The van der Waals surface area contributed by atoms with E-state index in [2.05, 4.69) is 10.5 Å². The number of ether oxygens (including phenoxy) is 1. The number of rotatable bonds is 4. The predicted octanol–water partition coefficient (Wildman–Crippen LogP) is 1.85. The highest BCUT2D eigenvalue weighted by Gasteiger charge is 2.10. The summed E-state index contributed by atoms with van der Waals surface area (Å²) in [6.45, 7) is 1.54. The molecule has 3 rings (SSSR count). The van der Waals surface area contributed by atoms with Crippen LogP contribution in [0.25, 0.3) is 10.8 Å². The van der Waals surface area contributed by atoms with Crippen LogP contribution < -0.4 is 15.6 Å². The zero-order chi connectivity index (χ0) is 16.4. The molecule has 3 aromatic rings. The third kappa shape index (κ3) is 3.08. The van der Waals surface area contributed by atoms with Crippen molar-refractivity contribution in [1.82, 2.24) is 9.72 Å². The number of hydrogen-bond donors (Lipinski definition) is 1. The van der Waals surface area contributed by atoms with Crippen LogP contribution in [-0.4, -0.2) is 22.2 Å². The number of aryl methyl sites for hydroxylation is 2. The summed E-state index contributed by atoms with van der Waals surface area (Å²) in [5, 5.41) is 7.45. The Hall–Kier alpha value is -3.09. The molecule has 7 nitrogen and oxygen atoms in total. The van der Waals surface area contributed by atoms with Gasteiger partial charge in [-0.15, -0.1) is 0 Å². The van der Waals surface area contributed by atoms with Gasteiger partial charge in [-0.2, -0.15) is 0 Å². The maximum Gasteiger partial charge on any atom is 0.263 e. The first kappa shape index (κ1) is 14.8. The number of aromatic nitrogens is 2. The second kappa shape index (κ2) is 5.96. The molecular formula is C16H15N3O4. The van der Waals surface area contributed by atoms with Crippen molar-refractivity contribution in [3.63, 3.8) is 0 Å². The molecule has 2 aromatic heterocycles. The smallest absolute Gasteiger partial charge is 0.263 e. The number of carbonyl (C=O) groups excluding carboxylic acids is 1. The maximum atomic E-state index is 12.1. The van der Waals surface area contributed by atoms with E-state index in [1.165, 1.54) is 4.57 Å². The topological polar surface area (TPSA) is 86.4 Å². The zero-order valence-electron chi connectivity index (χ0n) is 12.7. The molecule has 7 heteroatoms. The molecule has 0 saturated heterocycles. The standard InChI is InChI=1S/C16H15N3O4/c1-10-8-14(18-23-10)17-15(20)9-22-13-5-3-4-12-11(13)6-7-19(2)16(12)21/h3-8H,9H2,1-2H3,(H,17,18,20). The Balaban J connectivity index is 1.76. The van der Waals surface area contributed by atoms with Gasteiger partial charge in [-0.05, 0) is 25.1 Å². The Labute approximate surface area is 131 Å². The highest BCUT2D eigenvalue weighted by molar-refractivity contribution is 5.92. The Morgan fingerprint density at radius 3 is 2.91 bits per heavy atom. The zero-order valence-corrected chi connectivity index (χ0v) is 12.7. The number of nitrogens with zero attached hydrogens (tertiary/aromatic N) is 2. The summed E-state index contributed by atoms with van der Waals surface area (Å²) in [6, 6.07) is 8.56. The lowest BCUT2D eigenvalue weighted by atomic mass is 10.1. The molecule has 0 spiro atoms. The largest absolute Gasteiger partial charge is 0.483 e. The minimum atomic E-state index is -0.362. The lowest BCUT2D eigenvalue weighted by Crippen LogP contribution is -2.21. The van der Waals surface area contributed by atoms with E-state index in [0.29, 0.717) is 28.1 Å². The quantitative estimate of drug-likeness (QED) is 0.794. The molecule has 1 aromatic carbocycles. The summed E-state index contributed by atoms with van der Waals surface area (Å²) in [4.78, 5) is 23.9. The summed E-state index contributed by atoms with van der Waals surface area (Å²) in [7, 11) is 1.68. The van der Waals surface area contributed by atoms with E-state index in [9.17, 15) is 9.59 Å². The van der Waals surface area contributed by atoms with Gasteiger partial charge < -0.3 is 19.1 Å². The number of anilines is 1. The van der Waals surface area contributed by atoms with Crippen molar-refractivity contribution in [2.24, 2.45) is 7.05 Å². The molecule has 0 atom stereocenters. The van der Waals surface area contributed by atoms with Crippen molar-refractivity contribution < 1.29 is 14.1 Å². The predicted molar refractivity (Wildman–Crippen MR) is 84.6 cm³/mol. The van der Waals surface area contributed by atoms with Crippen molar-refractivity contribution in [2.45, 2.75) is 6.92 Å². The highest BCUT2D eigenvalue weighted by Crippen LogP contribution is 2.22. The van der Waals surface area contributed by atoms with Crippen LogP contribution in [0.5, 0.6) is 5.75 Å². The Bertz CT molecular complexity index is 926. The number of nitrogens with one attached hydrogen (secondary N) is 1. The summed E-state index contributed by atoms with van der Waals surface area (Å²) in [5.41, 5.74) is -0.115. The van der Waals surface area contributed by atoms with E-state index < -0.39 is 0 Å².